The van der Waals surface area contributed by atoms with Gasteiger partial charge in [-0.2, -0.15) is 5.10 Å². The highest BCUT2D eigenvalue weighted by Crippen LogP contribution is 2.17. The maximum absolute atomic E-state index is 11.3. The van der Waals surface area contributed by atoms with Gasteiger partial charge in [-0.1, -0.05) is 6.08 Å². The van der Waals surface area contributed by atoms with Crippen LogP contribution in [-0.4, -0.2) is 48.7 Å². The van der Waals surface area contributed by atoms with Crippen molar-refractivity contribution < 1.29 is 14.3 Å². The molecule has 0 spiro atoms. The number of hydrogen-bond donors (Lipinski definition) is 1. The van der Waals surface area contributed by atoms with Crippen molar-refractivity contribution in [1.82, 2.24) is 10.3 Å². The summed E-state index contributed by atoms with van der Waals surface area (Å²) in [5, 5.41) is 4.11. The van der Waals surface area contributed by atoms with Crippen LogP contribution in [0.4, 0.5) is 0 Å². The minimum absolute atomic E-state index is 0.0128. The Balaban J connectivity index is 1.78. The van der Waals surface area contributed by atoms with Crippen LogP contribution in [0.15, 0.2) is 16.8 Å². The number of ether oxygens (including phenoxy) is 1. The first-order valence-electron chi connectivity index (χ1n) is 7.12. The van der Waals surface area contributed by atoms with E-state index in [9.17, 15) is 9.59 Å². The molecule has 2 heterocycles. The SMILES string of the molecule is CCOC(=O)CCN1CC=C(C2=NNC(=O)CC2)CC1. The van der Waals surface area contributed by atoms with Gasteiger partial charge in [0.05, 0.1) is 18.7 Å². The van der Waals surface area contributed by atoms with Crippen LogP contribution in [0.5, 0.6) is 0 Å². The fourth-order valence-electron chi connectivity index (χ4n) is 2.36. The van der Waals surface area contributed by atoms with Crippen LogP contribution in [0.1, 0.15) is 32.6 Å². The molecule has 6 heteroatoms. The molecule has 0 saturated carbocycles. The second-order valence-electron chi connectivity index (χ2n) is 4.93. The average Bonchev–Trinajstić information content (AvgIpc) is 2.47. The van der Waals surface area contributed by atoms with Crippen molar-refractivity contribution in [2.24, 2.45) is 5.10 Å². The van der Waals surface area contributed by atoms with Crippen molar-refractivity contribution in [3.63, 3.8) is 0 Å². The van der Waals surface area contributed by atoms with Crippen LogP contribution in [0.25, 0.3) is 0 Å². The lowest BCUT2D eigenvalue weighted by Gasteiger charge is -2.27. The molecule has 110 valence electrons. The topological polar surface area (TPSA) is 71.0 Å². The Labute approximate surface area is 118 Å². The van der Waals surface area contributed by atoms with Gasteiger partial charge in [-0.05, 0) is 18.9 Å². The predicted molar refractivity (Wildman–Crippen MR) is 75.2 cm³/mol. The Morgan fingerprint density at radius 2 is 2.30 bits per heavy atom. The zero-order valence-corrected chi connectivity index (χ0v) is 11.9. The largest absolute Gasteiger partial charge is 0.466 e. The molecular formula is C14H21N3O3. The molecule has 0 fully saturated rings. The highest BCUT2D eigenvalue weighted by Gasteiger charge is 2.19. The normalized spacial score (nSPS) is 19.9. The van der Waals surface area contributed by atoms with E-state index in [2.05, 4.69) is 21.5 Å². The van der Waals surface area contributed by atoms with Crippen LogP contribution in [0.2, 0.25) is 0 Å². The van der Waals surface area contributed by atoms with Gasteiger partial charge in [-0.15, -0.1) is 0 Å². The Kier molecular flexibility index (Phi) is 5.29. The Morgan fingerprint density at radius 1 is 1.45 bits per heavy atom. The molecule has 0 atom stereocenters. The lowest BCUT2D eigenvalue weighted by atomic mass is 9.98. The fourth-order valence-corrected chi connectivity index (χ4v) is 2.36. The summed E-state index contributed by atoms with van der Waals surface area (Å²) in [5.41, 5.74) is 4.74. The monoisotopic (exact) mass is 279 g/mol. The molecule has 2 rings (SSSR count). The van der Waals surface area contributed by atoms with Gasteiger partial charge in [-0.25, -0.2) is 5.43 Å². The molecular weight excluding hydrogens is 258 g/mol. The Bertz CT molecular complexity index is 443. The molecule has 0 aromatic heterocycles. The van der Waals surface area contributed by atoms with Crippen LogP contribution in [-0.2, 0) is 14.3 Å². The number of carbonyl (C=O) groups is 2. The van der Waals surface area contributed by atoms with Crippen LogP contribution in [0.3, 0.4) is 0 Å². The van der Waals surface area contributed by atoms with E-state index in [0.717, 1.165) is 38.2 Å². The first-order chi connectivity index (χ1) is 9.69. The summed E-state index contributed by atoms with van der Waals surface area (Å²) < 4.78 is 4.92. The van der Waals surface area contributed by atoms with Crippen molar-refractivity contribution in [2.75, 3.05) is 26.2 Å². The van der Waals surface area contributed by atoms with Crippen LogP contribution < -0.4 is 5.43 Å². The summed E-state index contributed by atoms with van der Waals surface area (Å²) in [4.78, 5) is 24.6. The van der Waals surface area contributed by atoms with Crippen molar-refractivity contribution in [3.05, 3.63) is 11.6 Å². The summed E-state index contributed by atoms with van der Waals surface area (Å²) in [5.74, 6) is -0.150. The van der Waals surface area contributed by atoms with Gasteiger partial charge in [0.2, 0.25) is 5.91 Å². The van der Waals surface area contributed by atoms with E-state index in [4.69, 9.17) is 4.74 Å². The second-order valence-corrected chi connectivity index (χ2v) is 4.93. The third-order valence-electron chi connectivity index (χ3n) is 3.51. The summed E-state index contributed by atoms with van der Waals surface area (Å²) in [6.07, 6.45) is 4.74. The number of amides is 1. The number of nitrogens with zero attached hydrogens (tertiary/aromatic N) is 2. The summed E-state index contributed by atoms with van der Waals surface area (Å²) in [7, 11) is 0. The zero-order chi connectivity index (χ0) is 14.4. The van der Waals surface area contributed by atoms with E-state index >= 15 is 0 Å². The maximum atomic E-state index is 11.3. The second kappa shape index (κ2) is 7.19. The van der Waals surface area contributed by atoms with E-state index in [-0.39, 0.29) is 11.9 Å². The third-order valence-corrected chi connectivity index (χ3v) is 3.51. The third kappa shape index (κ3) is 4.16. The molecule has 0 aromatic carbocycles. The molecule has 2 aliphatic heterocycles. The standard InChI is InChI=1S/C14H21N3O3/c1-2-20-14(19)7-10-17-8-5-11(6-9-17)12-3-4-13(18)16-15-12/h5H,2-4,6-10H2,1H3,(H,16,18). The highest BCUT2D eigenvalue weighted by molar-refractivity contribution is 6.03. The molecule has 1 amide bonds. The van der Waals surface area contributed by atoms with E-state index in [0.29, 0.717) is 19.4 Å². The van der Waals surface area contributed by atoms with Gasteiger partial charge in [0.25, 0.3) is 0 Å². The van der Waals surface area contributed by atoms with Gasteiger partial charge in [0.15, 0.2) is 0 Å². The smallest absolute Gasteiger partial charge is 0.307 e. The van der Waals surface area contributed by atoms with Gasteiger partial charge in [-0.3, -0.25) is 14.5 Å². The molecule has 20 heavy (non-hydrogen) atoms. The van der Waals surface area contributed by atoms with Gasteiger partial charge in [0.1, 0.15) is 0 Å². The minimum Gasteiger partial charge on any atom is -0.466 e. The fraction of sp³-hybridized carbons (Fsp3) is 0.643. The van der Waals surface area contributed by atoms with Crippen LogP contribution >= 0.6 is 0 Å². The zero-order valence-electron chi connectivity index (χ0n) is 11.9. The number of esters is 1. The van der Waals surface area contributed by atoms with Crippen LogP contribution in [0, 0.1) is 0 Å². The van der Waals surface area contributed by atoms with E-state index in [1.165, 1.54) is 5.57 Å². The molecule has 0 bridgehead atoms. The summed E-state index contributed by atoms with van der Waals surface area (Å²) in [6, 6.07) is 0. The molecule has 0 aliphatic carbocycles. The molecule has 6 nitrogen and oxygen atoms in total. The minimum atomic E-state index is -0.137. The van der Waals surface area contributed by atoms with Crippen molar-refractivity contribution in [3.8, 4) is 0 Å². The summed E-state index contributed by atoms with van der Waals surface area (Å²) >= 11 is 0. The average molecular weight is 279 g/mol. The number of hydrazone groups is 1. The molecule has 1 N–H and O–H groups in total. The molecule has 2 aliphatic rings. The van der Waals surface area contributed by atoms with E-state index in [1.807, 2.05) is 6.92 Å². The lowest BCUT2D eigenvalue weighted by Crippen LogP contribution is -2.34. The lowest BCUT2D eigenvalue weighted by molar-refractivity contribution is -0.143. The molecule has 0 unspecified atom stereocenters. The van der Waals surface area contributed by atoms with Gasteiger partial charge < -0.3 is 4.74 Å². The highest BCUT2D eigenvalue weighted by atomic mass is 16.5. The van der Waals surface area contributed by atoms with Crippen molar-refractivity contribution >= 4 is 17.6 Å². The molecule has 0 saturated heterocycles. The van der Waals surface area contributed by atoms with Gasteiger partial charge in [0, 0.05) is 32.5 Å². The molecule has 0 aromatic rings. The van der Waals surface area contributed by atoms with E-state index in [1.54, 1.807) is 0 Å². The first kappa shape index (κ1) is 14.7. The number of nitrogens with one attached hydrogen (secondary N) is 1. The quantitative estimate of drug-likeness (QED) is 0.757. The Morgan fingerprint density at radius 3 is 2.90 bits per heavy atom. The predicted octanol–water partition coefficient (Wildman–Crippen LogP) is 0.838. The van der Waals surface area contributed by atoms with Crippen molar-refractivity contribution in [2.45, 2.75) is 32.6 Å². The number of hydrogen-bond acceptors (Lipinski definition) is 5. The Hall–Kier alpha value is -1.69. The van der Waals surface area contributed by atoms with Gasteiger partial charge >= 0.3 is 5.97 Å². The summed E-state index contributed by atoms with van der Waals surface area (Å²) in [6.45, 7) is 4.72. The number of carbonyl (C=O) groups excluding carboxylic acids is 2. The van der Waals surface area contributed by atoms with Crippen molar-refractivity contribution in [1.29, 1.82) is 0 Å². The van der Waals surface area contributed by atoms with E-state index < -0.39 is 0 Å². The number of rotatable bonds is 5. The first-order valence-corrected chi connectivity index (χ1v) is 7.12. The maximum Gasteiger partial charge on any atom is 0.307 e. The molecule has 0 radical (unpaired) electrons.